The third-order valence-electron chi connectivity index (χ3n) is 4.08. The SMILES string of the molecule is O=C(NCc1ccccc1)C1CC1C(=O)N1CCOCC1. The van der Waals surface area contributed by atoms with E-state index in [0.29, 0.717) is 39.3 Å². The summed E-state index contributed by atoms with van der Waals surface area (Å²) in [6, 6.07) is 9.79. The molecular weight excluding hydrogens is 268 g/mol. The minimum atomic E-state index is -0.149. The van der Waals surface area contributed by atoms with Crippen LogP contribution < -0.4 is 5.32 Å². The Balaban J connectivity index is 1.46. The first-order valence-corrected chi connectivity index (χ1v) is 7.44. The molecule has 0 spiro atoms. The van der Waals surface area contributed by atoms with Crippen LogP contribution in [0.25, 0.3) is 0 Å². The summed E-state index contributed by atoms with van der Waals surface area (Å²) in [6.45, 7) is 3.02. The molecule has 21 heavy (non-hydrogen) atoms. The van der Waals surface area contributed by atoms with Crippen molar-refractivity contribution in [3.8, 4) is 0 Å². The minimum absolute atomic E-state index is 0.00883. The van der Waals surface area contributed by atoms with Gasteiger partial charge in [-0.1, -0.05) is 30.3 Å². The van der Waals surface area contributed by atoms with Gasteiger partial charge in [0.25, 0.3) is 0 Å². The van der Waals surface area contributed by atoms with Gasteiger partial charge in [0.15, 0.2) is 0 Å². The van der Waals surface area contributed by atoms with Gasteiger partial charge in [-0.3, -0.25) is 9.59 Å². The van der Waals surface area contributed by atoms with E-state index in [-0.39, 0.29) is 23.7 Å². The van der Waals surface area contributed by atoms with Crippen molar-refractivity contribution in [2.45, 2.75) is 13.0 Å². The number of amides is 2. The Labute approximate surface area is 124 Å². The molecule has 112 valence electrons. The van der Waals surface area contributed by atoms with E-state index in [1.165, 1.54) is 0 Å². The van der Waals surface area contributed by atoms with E-state index in [4.69, 9.17) is 4.74 Å². The molecule has 1 heterocycles. The van der Waals surface area contributed by atoms with Crippen molar-refractivity contribution in [1.82, 2.24) is 10.2 Å². The van der Waals surface area contributed by atoms with Crippen LogP contribution in [0.15, 0.2) is 30.3 Å². The van der Waals surface area contributed by atoms with Gasteiger partial charge in [-0.2, -0.15) is 0 Å². The molecule has 1 saturated heterocycles. The van der Waals surface area contributed by atoms with Crippen molar-refractivity contribution < 1.29 is 14.3 Å². The second-order valence-electron chi connectivity index (χ2n) is 5.59. The van der Waals surface area contributed by atoms with E-state index >= 15 is 0 Å². The van der Waals surface area contributed by atoms with Crippen LogP contribution in [0.5, 0.6) is 0 Å². The van der Waals surface area contributed by atoms with Crippen molar-refractivity contribution in [2.24, 2.45) is 11.8 Å². The van der Waals surface area contributed by atoms with Crippen LogP contribution in [0, 0.1) is 11.8 Å². The quantitative estimate of drug-likeness (QED) is 0.891. The average molecular weight is 288 g/mol. The Bertz CT molecular complexity index is 512. The van der Waals surface area contributed by atoms with Gasteiger partial charge >= 0.3 is 0 Å². The van der Waals surface area contributed by atoms with Crippen molar-refractivity contribution in [3.63, 3.8) is 0 Å². The number of hydrogen-bond donors (Lipinski definition) is 1. The second-order valence-corrected chi connectivity index (χ2v) is 5.59. The molecule has 2 fully saturated rings. The summed E-state index contributed by atoms with van der Waals surface area (Å²) in [5, 5.41) is 2.91. The Morgan fingerprint density at radius 3 is 2.57 bits per heavy atom. The molecule has 3 rings (SSSR count). The number of carbonyl (C=O) groups is 2. The lowest BCUT2D eigenvalue weighted by Gasteiger charge is -2.27. The molecule has 2 unspecified atom stereocenters. The first-order valence-electron chi connectivity index (χ1n) is 7.44. The number of morpholine rings is 1. The molecule has 1 aromatic rings. The van der Waals surface area contributed by atoms with Crippen LogP contribution in [0.3, 0.4) is 0 Å². The van der Waals surface area contributed by atoms with E-state index in [1.54, 1.807) is 0 Å². The fraction of sp³-hybridized carbons (Fsp3) is 0.500. The van der Waals surface area contributed by atoms with E-state index in [1.807, 2.05) is 35.2 Å². The lowest BCUT2D eigenvalue weighted by molar-refractivity contribution is -0.138. The first kappa shape index (κ1) is 14.1. The maximum atomic E-state index is 12.2. The summed E-state index contributed by atoms with van der Waals surface area (Å²) in [5.74, 6) is -0.174. The van der Waals surface area contributed by atoms with E-state index in [0.717, 1.165) is 5.56 Å². The minimum Gasteiger partial charge on any atom is -0.378 e. The third-order valence-corrected chi connectivity index (χ3v) is 4.08. The molecule has 2 aliphatic rings. The van der Waals surface area contributed by atoms with Crippen LogP contribution >= 0.6 is 0 Å². The Hall–Kier alpha value is -1.88. The zero-order valence-corrected chi connectivity index (χ0v) is 12.0. The smallest absolute Gasteiger partial charge is 0.226 e. The number of hydrogen-bond acceptors (Lipinski definition) is 3. The predicted octanol–water partition coefficient (Wildman–Crippen LogP) is 0.798. The maximum Gasteiger partial charge on any atom is 0.226 e. The Kier molecular flexibility index (Phi) is 4.20. The molecule has 2 amide bonds. The Morgan fingerprint density at radius 1 is 1.14 bits per heavy atom. The standard InChI is InChI=1S/C16H20N2O3/c19-15(17-11-12-4-2-1-3-5-12)13-10-14(13)16(20)18-6-8-21-9-7-18/h1-5,13-14H,6-11H2,(H,17,19). The maximum absolute atomic E-state index is 12.2. The largest absolute Gasteiger partial charge is 0.378 e. The highest BCUT2D eigenvalue weighted by Gasteiger charge is 2.49. The molecule has 1 saturated carbocycles. The molecule has 1 aromatic carbocycles. The average Bonchev–Trinajstić information content (AvgIpc) is 3.34. The van der Waals surface area contributed by atoms with E-state index in [2.05, 4.69) is 5.32 Å². The molecular formula is C16H20N2O3. The highest BCUT2D eigenvalue weighted by atomic mass is 16.5. The number of nitrogens with zero attached hydrogens (tertiary/aromatic N) is 1. The molecule has 1 aliphatic carbocycles. The van der Waals surface area contributed by atoms with Crippen molar-refractivity contribution >= 4 is 11.8 Å². The van der Waals surface area contributed by atoms with Crippen LogP contribution in [0.2, 0.25) is 0 Å². The van der Waals surface area contributed by atoms with Gasteiger partial charge in [-0.05, 0) is 12.0 Å². The number of ether oxygens (including phenoxy) is 1. The monoisotopic (exact) mass is 288 g/mol. The fourth-order valence-corrected chi connectivity index (χ4v) is 2.69. The van der Waals surface area contributed by atoms with Gasteiger partial charge < -0.3 is 15.0 Å². The van der Waals surface area contributed by atoms with Gasteiger partial charge in [-0.25, -0.2) is 0 Å². The van der Waals surface area contributed by atoms with Crippen LogP contribution in [-0.2, 0) is 20.9 Å². The molecule has 0 bridgehead atoms. The van der Waals surface area contributed by atoms with Gasteiger partial charge in [0, 0.05) is 19.6 Å². The zero-order chi connectivity index (χ0) is 14.7. The van der Waals surface area contributed by atoms with Gasteiger partial charge in [0.1, 0.15) is 0 Å². The molecule has 0 radical (unpaired) electrons. The van der Waals surface area contributed by atoms with Crippen LogP contribution in [0.4, 0.5) is 0 Å². The summed E-state index contributed by atoms with van der Waals surface area (Å²) < 4.78 is 5.24. The number of nitrogens with one attached hydrogen (secondary N) is 1. The van der Waals surface area contributed by atoms with E-state index < -0.39 is 0 Å². The Morgan fingerprint density at radius 2 is 1.86 bits per heavy atom. The lowest BCUT2D eigenvalue weighted by atomic mass is 10.2. The van der Waals surface area contributed by atoms with Gasteiger partial charge in [0.05, 0.1) is 25.0 Å². The van der Waals surface area contributed by atoms with Crippen LogP contribution in [0.1, 0.15) is 12.0 Å². The summed E-state index contributed by atoms with van der Waals surface area (Å²) in [7, 11) is 0. The van der Waals surface area contributed by atoms with Crippen molar-refractivity contribution in [1.29, 1.82) is 0 Å². The van der Waals surface area contributed by atoms with Crippen molar-refractivity contribution in [2.75, 3.05) is 26.3 Å². The molecule has 1 aliphatic heterocycles. The predicted molar refractivity (Wildman–Crippen MR) is 77.3 cm³/mol. The van der Waals surface area contributed by atoms with E-state index in [9.17, 15) is 9.59 Å². The van der Waals surface area contributed by atoms with Crippen LogP contribution in [-0.4, -0.2) is 43.0 Å². The number of rotatable bonds is 4. The first-order chi connectivity index (χ1) is 10.3. The highest BCUT2D eigenvalue weighted by molar-refractivity contribution is 5.92. The summed E-state index contributed by atoms with van der Waals surface area (Å²) >= 11 is 0. The van der Waals surface area contributed by atoms with Crippen molar-refractivity contribution in [3.05, 3.63) is 35.9 Å². The molecule has 5 heteroatoms. The molecule has 1 N–H and O–H groups in total. The molecule has 2 atom stereocenters. The normalized spacial score (nSPS) is 24.5. The fourth-order valence-electron chi connectivity index (χ4n) is 2.69. The topological polar surface area (TPSA) is 58.6 Å². The highest BCUT2D eigenvalue weighted by Crippen LogP contribution is 2.40. The third kappa shape index (κ3) is 3.42. The van der Waals surface area contributed by atoms with Gasteiger partial charge in [0.2, 0.25) is 11.8 Å². The zero-order valence-electron chi connectivity index (χ0n) is 12.0. The molecule has 5 nitrogen and oxygen atoms in total. The summed E-state index contributed by atoms with van der Waals surface area (Å²) in [6.07, 6.45) is 0.677. The van der Waals surface area contributed by atoms with Gasteiger partial charge in [-0.15, -0.1) is 0 Å². The summed E-state index contributed by atoms with van der Waals surface area (Å²) in [4.78, 5) is 26.1. The lowest BCUT2D eigenvalue weighted by Crippen LogP contribution is -2.42. The number of benzene rings is 1. The second kappa shape index (κ2) is 6.26. The molecule has 0 aromatic heterocycles. The number of carbonyl (C=O) groups excluding carboxylic acids is 2. The summed E-state index contributed by atoms with van der Waals surface area (Å²) in [5.41, 5.74) is 1.07.